The third kappa shape index (κ3) is 3.23. The van der Waals surface area contributed by atoms with E-state index in [0.29, 0.717) is 34.7 Å². The Morgan fingerprint density at radius 2 is 1.86 bits per heavy atom. The Morgan fingerprint density at radius 3 is 2.64 bits per heavy atom. The van der Waals surface area contributed by atoms with E-state index in [1.807, 2.05) is 42.7 Å². The van der Waals surface area contributed by atoms with Crippen LogP contribution in [0.4, 0.5) is 5.69 Å². The maximum atomic E-state index is 5.90. The zero-order valence-corrected chi connectivity index (χ0v) is 12.8. The van der Waals surface area contributed by atoms with Gasteiger partial charge in [0.1, 0.15) is 11.5 Å². The predicted molar refractivity (Wildman–Crippen MR) is 87.9 cm³/mol. The van der Waals surface area contributed by atoms with Crippen molar-refractivity contribution in [1.82, 2.24) is 10.2 Å². The van der Waals surface area contributed by atoms with Crippen molar-refractivity contribution in [2.45, 2.75) is 5.75 Å². The second-order valence-corrected chi connectivity index (χ2v) is 5.47. The van der Waals surface area contributed by atoms with Crippen LogP contribution in [0, 0.1) is 0 Å². The second-order valence-electron chi connectivity index (χ2n) is 4.60. The van der Waals surface area contributed by atoms with Gasteiger partial charge in [0, 0.05) is 5.69 Å². The second kappa shape index (κ2) is 6.53. The molecule has 6 heteroatoms. The first-order valence-electron chi connectivity index (χ1n) is 6.70. The number of benzene rings is 2. The highest BCUT2D eigenvalue weighted by Gasteiger charge is 2.13. The predicted octanol–water partition coefficient (Wildman–Crippen LogP) is 3.97. The summed E-state index contributed by atoms with van der Waals surface area (Å²) >= 11 is 1.63. The molecule has 0 saturated heterocycles. The van der Waals surface area contributed by atoms with Crippen LogP contribution in [-0.2, 0) is 5.75 Å². The summed E-state index contributed by atoms with van der Waals surface area (Å²) in [5, 5.41) is 8.12. The van der Waals surface area contributed by atoms with Gasteiger partial charge in [0.25, 0.3) is 5.89 Å². The number of rotatable bonds is 5. The molecule has 0 aliphatic rings. The van der Waals surface area contributed by atoms with Gasteiger partial charge in [-0.25, -0.2) is 0 Å². The molecule has 1 aromatic heterocycles. The van der Waals surface area contributed by atoms with Crippen LogP contribution < -0.4 is 10.5 Å². The minimum atomic E-state index is 0.454. The Kier molecular flexibility index (Phi) is 4.29. The maximum absolute atomic E-state index is 5.90. The SMILES string of the molecule is CSCc1nnc(-c2ccccc2Oc2ccc(N)cc2)o1. The van der Waals surface area contributed by atoms with Gasteiger partial charge >= 0.3 is 0 Å². The normalized spacial score (nSPS) is 10.6. The van der Waals surface area contributed by atoms with Crippen LogP contribution in [0.2, 0.25) is 0 Å². The lowest BCUT2D eigenvalue weighted by Crippen LogP contribution is -1.89. The first kappa shape index (κ1) is 14.5. The zero-order chi connectivity index (χ0) is 15.4. The standard InChI is InChI=1S/C16H15N3O2S/c1-22-10-15-18-19-16(21-15)13-4-2-3-5-14(13)20-12-8-6-11(17)7-9-12/h2-9H,10,17H2,1H3. The molecule has 112 valence electrons. The first-order chi connectivity index (χ1) is 10.8. The number of ether oxygens (including phenoxy) is 1. The van der Waals surface area contributed by atoms with Gasteiger partial charge in [-0.1, -0.05) is 12.1 Å². The summed E-state index contributed by atoms with van der Waals surface area (Å²) in [6.07, 6.45) is 1.99. The van der Waals surface area contributed by atoms with E-state index in [-0.39, 0.29) is 0 Å². The molecule has 0 amide bonds. The van der Waals surface area contributed by atoms with Crippen molar-refractivity contribution in [3.05, 3.63) is 54.4 Å². The van der Waals surface area contributed by atoms with Gasteiger partial charge in [-0.2, -0.15) is 11.8 Å². The zero-order valence-electron chi connectivity index (χ0n) is 12.0. The topological polar surface area (TPSA) is 74.2 Å². The molecule has 0 unspecified atom stereocenters. The number of hydrogen-bond donors (Lipinski definition) is 1. The van der Waals surface area contributed by atoms with Gasteiger partial charge in [-0.3, -0.25) is 0 Å². The lowest BCUT2D eigenvalue weighted by Gasteiger charge is -2.08. The van der Waals surface area contributed by atoms with Crippen LogP contribution in [0.25, 0.3) is 11.5 Å². The smallest absolute Gasteiger partial charge is 0.251 e. The average Bonchev–Trinajstić information content (AvgIpc) is 2.99. The van der Waals surface area contributed by atoms with Crippen molar-refractivity contribution in [3.63, 3.8) is 0 Å². The third-order valence-corrected chi connectivity index (χ3v) is 3.50. The summed E-state index contributed by atoms with van der Waals surface area (Å²) in [7, 11) is 0. The molecular formula is C16H15N3O2S. The Balaban J connectivity index is 1.90. The molecule has 2 aromatic carbocycles. The van der Waals surface area contributed by atoms with Gasteiger partial charge < -0.3 is 14.9 Å². The minimum absolute atomic E-state index is 0.454. The van der Waals surface area contributed by atoms with Crippen molar-refractivity contribution in [1.29, 1.82) is 0 Å². The highest BCUT2D eigenvalue weighted by atomic mass is 32.2. The summed E-state index contributed by atoms with van der Waals surface area (Å²) in [5.41, 5.74) is 7.14. The van der Waals surface area contributed by atoms with Crippen LogP contribution in [0.1, 0.15) is 5.89 Å². The van der Waals surface area contributed by atoms with Crippen LogP contribution >= 0.6 is 11.8 Å². The Bertz CT molecular complexity index is 756. The molecule has 0 bridgehead atoms. The summed E-state index contributed by atoms with van der Waals surface area (Å²) in [4.78, 5) is 0. The number of aromatic nitrogens is 2. The van der Waals surface area contributed by atoms with Crippen LogP contribution in [0.15, 0.2) is 52.9 Å². The lowest BCUT2D eigenvalue weighted by atomic mass is 10.2. The highest BCUT2D eigenvalue weighted by molar-refractivity contribution is 7.97. The van der Waals surface area contributed by atoms with E-state index in [1.165, 1.54) is 0 Å². The van der Waals surface area contributed by atoms with Crippen LogP contribution in [0.3, 0.4) is 0 Å². The third-order valence-electron chi connectivity index (χ3n) is 2.96. The number of nitrogen functional groups attached to an aromatic ring is 1. The van der Waals surface area contributed by atoms with Gasteiger partial charge in [0.05, 0.1) is 11.3 Å². The summed E-state index contributed by atoms with van der Waals surface area (Å²) in [6, 6.07) is 14.8. The van der Waals surface area contributed by atoms with Gasteiger partial charge in [-0.15, -0.1) is 10.2 Å². The molecule has 22 heavy (non-hydrogen) atoms. The Morgan fingerprint density at radius 1 is 1.09 bits per heavy atom. The monoisotopic (exact) mass is 313 g/mol. The molecule has 0 aliphatic carbocycles. The fraction of sp³-hybridized carbons (Fsp3) is 0.125. The molecule has 0 atom stereocenters. The fourth-order valence-corrected chi connectivity index (χ4v) is 2.30. The molecule has 3 rings (SSSR count). The number of thioether (sulfide) groups is 1. The quantitative estimate of drug-likeness (QED) is 0.718. The van der Waals surface area contributed by atoms with E-state index in [1.54, 1.807) is 23.9 Å². The maximum Gasteiger partial charge on any atom is 0.251 e. The lowest BCUT2D eigenvalue weighted by molar-refractivity contribution is 0.477. The van der Waals surface area contributed by atoms with Crippen molar-refractivity contribution in [2.75, 3.05) is 12.0 Å². The highest BCUT2D eigenvalue weighted by Crippen LogP contribution is 2.32. The average molecular weight is 313 g/mol. The van der Waals surface area contributed by atoms with Crippen molar-refractivity contribution >= 4 is 17.4 Å². The van der Waals surface area contributed by atoms with Crippen LogP contribution in [-0.4, -0.2) is 16.5 Å². The van der Waals surface area contributed by atoms with E-state index >= 15 is 0 Å². The van der Waals surface area contributed by atoms with E-state index in [4.69, 9.17) is 14.9 Å². The summed E-state index contributed by atoms with van der Waals surface area (Å²) < 4.78 is 11.6. The van der Waals surface area contributed by atoms with Crippen LogP contribution in [0.5, 0.6) is 11.5 Å². The molecule has 0 saturated carbocycles. The first-order valence-corrected chi connectivity index (χ1v) is 8.10. The molecule has 0 fully saturated rings. The summed E-state index contributed by atoms with van der Waals surface area (Å²) in [6.45, 7) is 0. The Labute approximate surface area is 132 Å². The van der Waals surface area contributed by atoms with Gasteiger partial charge in [0.15, 0.2) is 0 Å². The van der Waals surface area contributed by atoms with E-state index in [0.717, 1.165) is 5.56 Å². The molecule has 5 nitrogen and oxygen atoms in total. The number of hydrogen-bond acceptors (Lipinski definition) is 6. The Hall–Kier alpha value is -2.47. The molecule has 3 aromatic rings. The van der Waals surface area contributed by atoms with Crippen molar-refractivity contribution in [2.24, 2.45) is 0 Å². The molecule has 0 aliphatic heterocycles. The number of para-hydroxylation sites is 1. The van der Waals surface area contributed by atoms with E-state index in [2.05, 4.69) is 10.2 Å². The molecule has 2 N–H and O–H groups in total. The largest absolute Gasteiger partial charge is 0.457 e. The number of anilines is 1. The molecule has 0 radical (unpaired) electrons. The minimum Gasteiger partial charge on any atom is -0.457 e. The van der Waals surface area contributed by atoms with E-state index < -0.39 is 0 Å². The molecule has 0 spiro atoms. The van der Waals surface area contributed by atoms with Gasteiger partial charge in [0.2, 0.25) is 5.89 Å². The molecule has 1 heterocycles. The van der Waals surface area contributed by atoms with E-state index in [9.17, 15) is 0 Å². The van der Waals surface area contributed by atoms with Crippen molar-refractivity contribution < 1.29 is 9.15 Å². The van der Waals surface area contributed by atoms with Crippen molar-refractivity contribution in [3.8, 4) is 23.0 Å². The molecular weight excluding hydrogens is 298 g/mol. The number of nitrogens with two attached hydrogens (primary N) is 1. The summed E-state index contributed by atoms with van der Waals surface area (Å²) in [5.74, 6) is 3.10. The fourth-order valence-electron chi connectivity index (χ4n) is 1.94. The van der Waals surface area contributed by atoms with Gasteiger partial charge in [-0.05, 0) is 42.7 Å². The number of nitrogens with zero attached hydrogens (tertiary/aromatic N) is 2.